The molecule has 32 heavy (non-hydrogen) atoms. The van der Waals surface area contributed by atoms with E-state index in [9.17, 15) is 17.6 Å². The van der Waals surface area contributed by atoms with Gasteiger partial charge in [0.2, 0.25) is 15.9 Å². The van der Waals surface area contributed by atoms with Crippen LogP contribution in [0.5, 0.6) is 5.75 Å². The third-order valence-corrected chi connectivity index (χ3v) is 8.12. The van der Waals surface area contributed by atoms with Crippen LogP contribution in [0.1, 0.15) is 24.4 Å². The molecule has 0 N–H and O–H groups in total. The van der Waals surface area contributed by atoms with E-state index in [1.54, 1.807) is 12.0 Å². The van der Waals surface area contributed by atoms with Crippen LogP contribution in [0.15, 0.2) is 53.4 Å². The zero-order valence-electron chi connectivity index (χ0n) is 18.1. The van der Waals surface area contributed by atoms with Gasteiger partial charge >= 0.3 is 0 Å². The first-order valence-electron chi connectivity index (χ1n) is 10.8. The summed E-state index contributed by atoms with van der Waals surface area (Å²) in [7, 11) is -2.13. The fraction of sp³-hybridized carbons (Fsp3) is 0.435. The summed E-state index contributed by atoms with van der Waals surface area (Å²) in [6.45, 7) is 2.23. The topological polar surface area (TPSA) is 70.2 Å². The van der Waals surface area contributed by atoms with Gasteiger partial charge in [-0.05, 0) is 55.3 Å². The number of ether oxygens (including phenoxy) is 1. The summed E-state index contributed by atoms with van der Waals surface area (Å²) in [5.74, 6) is 0.227. The molecule has 1 atom stereocenters. The van der Waals surface area contributed by atoms with Gasteiger partial charge in [-0.25, -0.2) is 12.8 Å². The zero-order valence-corrected chi connectivity index (χ0v) is 18.9. The van der Waals surface area contributed by atoms with Crippen LogP contribution in [-0.4, -0.2) is 74.8 Å². The maximum absolute atomic E-state index is 13.5. The normalized spacial score (nSPS) is 20.4. The summed E-state index contributed by atoms with van der Waals surface area (Å²) in [6, 6.07) is 13.2. The van der Waals surface area contributed by atoms with Crippen LogP contribution in [0.3, 0.4) is 0 Å². The Morgan fingerprint density at radius 3 is 2.44 bits per heavy atom. The number of carbonyl (C=O) groups is 1. The smallest absolute Gasteiger partial charge is 0.243 e. The molecule has 2 aliphatic heterocycles. The van der Waals surface area contributed by atoms with E-state index in [2.05, 4.69) is 4.90 Å². The SMILES string of the molecule is COc1ccc(C2CCCN2CC(=O)N2CCN(S(=O)(=O)c3cccc(F)c3)CC2)cc1. The molecule has 1 amide bonds. The summed E-state index contributed by atoms with van der Waals surface area (Å²) >= 11 is 0. The Bertz CT molecular complexity index is 1050. The lowest BCUT2D eigenvalue weighted by Crippen LogP contribution is -2.52. The Morgan fingerprint density at radius 1 is 1.06 bits per heavy atom. The molecule has 0 bridgehead atoms. The largest absolute Gasteiger partial charge is 0.497 e. The minimum atomic E-state index is -3.77. The van der Waals surface area contributed by atoms with E-state index in [4.69, 9.17) is 4.74 Å². The van der Waals surface area contributed by atoms with Gasteiger partial charge in [-0.1, -0.05) is 18.2 Å². The van der Waals surface area contributed by atoms with Crippen molar-refractivity contribution in [2.75, 3.05) is 46.4 Å². The van der Waals surface area contributed by atoms with Gasteiger partial charge in [-0.3, -0.25) is 9.69 Å². The second kappa shape index (κ2) is 9.56. The van der Waals surface area contributed by atoms with Crippen molar-refractivity contribution < 1.29 is 22.3 Å². The molecule has 0 spiro atoms. The molecule has 0 aromatic heterocycles. The Labute approximate surface area is 188 Å². The van der Waals surface area contributed by atoms with Crippen LogP contribution in [0.4, 0.5) is 4.39 Å². The third kappa shape index (κ3) is 4.79. The van der Waals surface area contributed by atoms with E-state index in [1.807, 2.05) is 24.3 Å². The van der Waals surface area contributed by atoms with E-state index in [-0.39, 0.29) is 29.9 Å². The van der Waals surface area contributed by atoms with Gasteiger partial charge in [-0.2, -0.15) is 4.31 Å². The highest BCUT2D eigenvalue weighted by molar-refractivity contribution is 7.89. The van der Waals surface area contributed by atoms with Gasteiger partial charge in [-0.15, -0.1) is 0 Å². The number of methoxy groups -OCH3 is 1. The minimum Gasteiger partial charge on any atom is -0.497 e. The van der Waals surface area contributed by atoms with E-state index in [0.29, 0.717) is 19.6 Å². The molecule has 2 aromatic carbocycles. The number of rotatable bonds is 6. The van der Waals surface area contributed by atoms with Crippen molar-refractivity contribution in [1.82, 2.24) is 14.1 Å². The number of piperazine rings is 1. The number of halogens is 1. The molecule has 1 unspecified atom stereocenters. The molecule has 9 heteroatoms. The number of sulfonamides is 1. The van der Waals surface area contributed by atoms with Crippen molar-refractivity contribution in [1.29, 1.82) is 0 Å². The van der Waals surface area contributed by atoms with Crippen molar-refractivity contribution >= 4 is 15.9 Å². The number of hydrogen-bond acceptors (Lipinski definition) is 5. The molecule has 0 aliphatic carbocycles. The summed E-state index contributed by atoms with van der Waals surface area (Å²) in [5, 5.41) is 0. The number of likely N-dealkylation sites (tertiary alicyclic amines) is 1. The monoisotopic (exact) mass is 461 g/mol. The van der Waals surface area contributed by atoms with E-state index in [0.717, 1.165) is 31.2 Å². The van der Waals surface area contributed by atoms with E-state index in [1.165, 1.54) is 28.1 Å². The van der Waals surface area contributed by atoms with Gasteiger partial charge in [0.15, 0.2) is 0 Å². The first-order valence-corrected chi connectivity index (χ1v) is 12.2. The summed E-state index contributed by atoms with van der Waals surface area (Å²) in [4.78, 5) is 16.8. The maximum Gasteiger partial charge on any atom is 0.243 e. The highest BCUT2D eigenvalue weighted by Crippen LogP contribution is 2.32. The van der Waals surface area contributed by atoms with Crippen LogP contribution >= 0.6 is 0 Å². The van der Waals surface area contributed by atoms with Crippen molar-refractivity contribution in [2.45, 2.75) is 23.8 Å². The quantitative estimate of drug-likeness (QED) is 0.661. The fourth-order valence-electron chi connectivity index (χ4n) is 4.45. The second-order valence-electron chi connectivity index (χ2n) is 8.14. The van der Waals surface area contributed by atoms with Crippen molar-refractivity contribution in [3.05, 3.63) is 59.9 Å². The molecule has 2 heterocycles. The fourth-order valence-corrected chi connectivity index (χ4v) is 5.90. The van der Waals surface area contributed by atoms with Crippen LogP contribution in [0, 0.1) is 5.82 Å². The highest BCUT2D eigenvalue weighted by Gasteiger charge is 2.33. The predicted molar refractivity (Wildman–Crippen MR) is 118 cm³/mol. The Balaban J connectivity index is 1.35. The number of hydrogen-bond donors (Lipinski definition) is 0. The van der Waals surface area contributed by atoms with Gasteiger partial charge < -0.3 is 9.64 Å². The Morgan fingerprint density at radius 2 is 1.78 bits per heavy atom. The summed E-state index contributed by atoms with van der Waals surface area (Å²) < 4.78 is 45.6. The van der Waals surface area contributed by atoms with E-state index >= 15 is 0 Å². The van der Waals surface area contributed by atoms with Crippen molar-refractivity contribution in [2.24, 2.45) is 0 Å². The lowest BCUT2D eigenvalue weighted by Gasteiger charge is -2.35. The molecule has 2 saturated heterocycles. The lowest BCUT2D eigenvalue weighted by atomic mass is 10.0. The zero-order chi connectivity index (χ0) is 22.7. The van der Waals surface area contributed by atoms with Gasteiger partial charge in [0.05, 0.1) is 18.6 Å². The van der Waals surface area contributed by atoms with Crippen LogP contribution in [0.25, 0.3) is 0 Å². The molecule has 7 nitrogen and oxygen atoms in total. The Kier molecular flexibility index (Phi) is 6.78. The third-order valence-electron chi connectivity index (χ3n) is 6.23. The first-order chi connectivity index (χ1) is 15.4. The van der Waals surface area contributed by atoms with Crippen molar-refractivity contribution in [3.63, 3.8) is 0 Å². The van der Waals surface area contributed by atoms with Gasteiger partial charge in [0.1, 0.15) is 11.6 Å². The lowest BCUT2D eigenvalue weighted by molar-refractivity contribution is -0.133. The average molecular weight is 462 g/mol. The first kappa shape index (κ1) is 22.7. The number of nitrogens with zero attached hydrogens (tertiary/aromatic N) is 3. The summed E-state index contributed by atoms with van der Waals surface area (Å²) in [5.41, 5.74) is 1.17. The number of carbonyl (C=O) groups excluding carboxylic acids is 1. The van der Waals surface area contributed by atoms with Gasteiger partial charge in [0.25, 0.3) is 0 Å². The molecule has 0 saturated carbocycles. The second-order valence-corrected chi connectivity index (χ2v) is 10.1. The van der Waals surface area contributed by atoms with Crippen LogP contribution < -0.4 is 4.74 Å². The minimum absolute atomic E-state index is 0.00761. The molecule has 172 valence electrons. The maximum atomic E-state index is 13.5. The molecule has 2 aromatic rings. The van der Waals surface area contributed by atoms with Crippen LogP contribution in [-0.2, 0) is 14.8 Å². The molecular weight excluding hydrogens is 433 g/mol. The summed E-state index contributed by atoms with van der Waals surface area (Å²) in [6.07, 6.45) is 2.03. The van der Waals surface area contributed by atoms with Crippen LogP contribution in [0.2, 0.25) is 0 Å². The van der Waals surface area contributed by atoms with E-state index < -0.39 is 15.8 Å². The predicted octanol–water partition coefficient (Wildman–Crippen LogP) is 2.50. The van der Waals surface area contributed by atoms with Crippen molar-refractivity contribution in [3.8, 4) is 5.75 Å². The standard InChI is InChI=1S/C23H28FN3O4S/c1-31-20-9-7-18(8-10-20)22-6-3-11-26(22)17-23(28)25-12-14-27(15-13-25)32(29,30)21-5-2-4-19(24)16-21/h2,4-5,7-10,16,22H,3,6,11-15,17H2,1H3. The van der Waals surface area contributed by atoms with Gasteiger partial charge in [0, 0.05) is 32.2 Å². The highest BCUT2D eigenvalue weighted by atomic mass is 32.2. The molecule has 0 radical (unpaired) electrons. The molecule has 4 rings (SSSR count). The molecule has 2 aliphatic rings. The molecular formula is C23H28FN3O4S. The average Bonchev–Trinajstić information content (AvgIpc) is 3.27. The Hall–Kier alpha value is -2.49. The number of benzene rings is 2. The molecule has 2 fully saturated rings. The number of amides is 1.